The molecule has 12 N–H and O–H groups in total. The minimum atomic E-state index is -0.558. The minimum Gasteiger partial charge on any atom is -0.294 e. The van der Waals surface area contributed by atoms with Crippen molar-refractivity contribution in [3.8, 4) is 0 Å². The largest absolute Gasteiger partial charge is 0.294 e. The van der Waals surface area contributed by atoms with Crippen molar-refractivity contribution in [1.82, 2.24) is 31.5 Å². The summed E-state index contributed by atoms with van der Waals surface area (Å²) in [6.07, 6.45) is -0.0875. The summed E-state index contributed by atoms with van der Waals surface area (Å²) in [5.74, 6) is 18.2. The van der Waals surface area contributed by atoms with Gasteiger partial charge in [0.15, 0.2) is 0 Å². The third-order valence-corrected chi connectivity index (χ3v) is 3.28. The van der Waals surface area contributed by atoms with Gasteiger partial charge in [-0.3, -0.25) is 50.7 Å². The van der Waals surface area contributed by atoms with Crippen LogP contribution < -0.4 is 45.1 Å². The van der Waals surface area contributed by atoms with E-state index in [0.29, 0.717) is 0 Å². The first-order valence-corrected chi connectivity index (χ1v) is 7.17. The first-order chi connectivity index (χ1) is 11.8. The van der Waals surface area contributed by atoms with Gasteiger partial charge in [-0.15, -0.1) is 0 Å². The Hall–Kier alpha value is -2.36. The standard InChI is InChI=1S/C11H26N10O4/c1-20(4-9(23)17-13)7(2-8(22)16-12)3-21(5-10(24)18-14)6-11(25)19-15/h7H,2-6,12-15H2,1H3,(H,16,22)(H,17,23)(H,18,24)(H,19,25). The zero-order chi connectivity index (χ0) is 19.4. The molecule has 4 amide bonds. The molecule has 0 saturated heterocycles. The fourth-order valence-corrected chi connectivity index (χ4v) is 2.01. The normalized spacial score (nSPS) is 11.8. The number of nitrogens with one attached hydrogen (secondary N) is 4. The van der Waals surface area contributed by atoms with Crippen LogP contribution in [0.25, 0.3) is 0 Å². The van der Waals surface area contributed by atoms with Crippen LogP contribution in [0.3, 0.4) is 0 Å². The molecule has 0 rings (SSSR count). The predicted octanol–water partition coefficient (Wildman–Crippen LogP) is -6.06. The summed E-state index contributed by atoms with van der Waals surface area (Å²) in [5, 5.41) is 0. The molecule has 0 aromatic heterocycles. The molecule has 0 aliphatic rings. The molecule has 0 saturated carbocycles. The van der Waals surface area contributed by atoms with Crippen LogP contribution in [-0.4, -0.2) is 72.7 Å². The van der Waals surface area contributed by atoms with Gasteiger partial charge in [0, 0.05) is 19.0 Å². The molecule has 0 radical (unpaired) electrons. The number of hydrogen-bond acceptors (Lipinski definition) is 10. The molecule has 14 heteroatoms. The van der Waals surface area contributed by atoms with Crippen LogP contribution in [0.2, 0.25) is 0 Å². The van der Waals surface area contributed by atoms with E-state index in [-0.39, 0.29) is 32.6 Å². The summed E-state index contributed by atoms with van der Waals surface area (Å²) in [7, 11) is 1.58. The Kier molecular flexibility index (Phi) is 10.9. The maximum absolute atomic E-state index is 11.6. The number of hydrogen-bond donors (Lipinski definition) is 8. The lowest BCUT2D eigenvalue weighted by molar-refractivity contribution is -0.127. The van der Waals surface area contributed by atoms with E-state index in [1.54, 1.807) is 7.05 Å². The van der Waals surface area contributed by atoms with Crippen molar-refractivity contribution in [2.24, 2.45) is 23.4 Å². The van der Waals surface area contributed by atoms with Crippen LogP contribution in [0.4, 0.5) is 0 Å². The number of nitrogens with zero attached hydrogens (tertiary/aromatic N) is 2. The second-order valence-electron chi connectivity index (χ2n) is 5.21. The summed E-state index contributed by atoms with van der Waals surface area (Å²) in [4.78, 5) is 49.0. The molecule has 0 heterocycles. The first-order valence-electron chi connectivity index (χ1n) is 7.17. The number of likely N-dealkylation sites (N-methyl/N-ethyl adjacent to an activating group) is 1. The van der Waals surface area contributed by atoms with Crippen molar-refractivity contribution in [3.05, 3.63) is 0 Å². The third kappa shape index (κ3) is 9.50. The Labute approximate surface area is 144 Å². The molecule has 144 valence electrons. The third-order valence-electron chi connectivity index (χ3n) is 3.28. The van der Waals surface area contributed by atoms with Gasteiger partial charge in [0.25, 0.3) is 0 Å². The van der Waals surface area contributed by atoms with Crippen molar-refractivity contribution in [3.63, 3.8) is 0 Å². The molecular formula is C11H26N10O4. The summed E-state index contributed by atoms with van der Waals surface area (Å²) in [6.45, 7) is -0.481. The van der Waals surface area contributed by atoms with E-state index in [4.69, 9.17) is 23.4 Å². The minimum absolute atomic E-state index is 0.0720. The highest BCUT2D eigenvalue weighted by atomic mass is 16.2. The number of carbonyl (C=O) groups is 4. The second-order valence-corrected chi connectivity index (χ2v) is 5.21. The Morgan fingerprint density at radius 3 is 1.56 bits per heavy atom. The summed E-state index contributed by atoms with van der Waals surface area (Å²) in [5.41, 5.74) is 7.85. The highest BCUT2D eigenvalue weighted by Crippen LogP contribution is 2.06. The molecular weight excluding hydrogens is 336 g/mol. The molecule has 0 aliphatic carbocycles. The number of hydrazine groups is 4. The number of amides is 4. The first kappa shape index (κ1) is 22.6. The van der Waals surface area contributed by atoms with Gasteiger partial charge in [-0.05, 0) is 7.05 Å². The van der Waals surface area contributed by atoms with Gasteiger partial charge in [-0.1, -0.05) is 0 Å². The monoisotopic (exact) mass is 362 g/mol. The lowest BCUT2D eigenvalue weighted by atomic mass is 10.1. The van der Waals surface area contributed by atoms with Crippen LogP contribution in [0.1, 0.15) is 6.42 Å². The molecule has 14 nitrogen and oxygen atoms in total. The van der Waals surface area contributed by atoms with E-state index in [0.717, 1.165) is 0 Å². The Bertz CT molecular complexity index is 456. The maximum Gasteiger partial charge on any atom is 0.248 e. The van der Waals surface area contributed by atoms with E-state index in [2.05, 4.69) is 0 Å². The average molecular weight is 362 g/mol. The van der Waals surface area contributed by atoms with Gasteiger partial charge in [0.05, 0.1) is 19.6 Å². The quantitative estimate of drug-likeness (QED) is 0.0985. The van der Waals surface area contributed by atoms with Crippen molar-refractivity contribution in [1.29, 1.82) is 0 Å². The van der Waals surface area contributed by atoms with Crippen molar-refractivity contribution >= 4 is 23.6 Å². The lowest BCUT2D eigenvalue weighted by Crippen LogP contribution is -2.53. The summed E-state index contributed by atoms with van der Waals surface area (Å²) >= 11 is 0. The fraction of sp³-hybridized carbons (Fsp3) is 0.636. The molecule has 0 aromatic rings. The molecule has 0 spiro atoms. The number of rotatable bonds is 11. The molecule has 0 aliphatic heterocycles. The number of carbonyl (C=O) groups excluding carboxylic acids is 4. The predicted molar refractivity (Wildman–Crippen MR) is 86.8 cm³/mol. The summed E-state index contributed by atoms with van der Waals surface area (Å²) < 4.78 is 0. The molecule has 0 aromatic carbocycles. The second kappa shape index (κ2) is 12.1. The highest BCUT2D eigenvalue weighted by Gasteiger charge is 2.25. The fourth-order valence-electron chi connectivity index (χ4n) is 2.01. The Balaban J connectivity index is 5.18. The van der Waals surface area contributed by atoms with E-state index >= 15 is 0 Å². The molecule has 0 bridgehead atoms. The number of nitrogens with two attached hydrogens (primary N) is 4. The van der Waals surface area contributed by atoms with E-state index in [1.807, 2.05) is 21.7 Å². The van der Waals surface area contributed by atoms with Gasteiger partial charge < -0.3 is 0 Å². The van der Waals surface area contributed by atoms with Crippen molar-refractivity contribution < 1.29 is 19.2 Å². The van der Waals surface area contributed by atoms with E-state index in [1.165, 1.54) is 9.80 Å². The van der Waals surface area contributed by atoms with Gasteiger partial charge in [0.1, 0.15) is 0 Å². The zero-order valence-corrected chi connectivity index (χ0v) is 13.9. The maximum atomic E-state index is 11.6. The zero-order valence-electron chi connectivity index (χ0n) is 13.9. The average Bonchev–Trinajstić information content (AvgIpc) is 2.59. The lowest BCUT2D eigenvalue weighted by Gasteiger charge is -2.31. The summed E-state index contributed by atoms with van der Waals surface area (Å²) in [6, 6.07) is -0.558. The van der Waals surface area contributed by atoms with E-state index in [9.17, 15) is 19.2 Å². The van der Waals surface area contributed by atoms with Crippen LogP contribution in [0.15, 0.2) is 0 Å². The van der Waals surface area contributed by atoms with Crippen molar-refractivity contribution in [2.75, 3.05) is 33.2 Å². The topological polar surface area (TPSA) is 227 Å². The van der Waals surface area contributed by atoms with Gasteiger partial charge in [-0.25, -0.2) is 23.4 Å². The van der Waals surface area contributed by atoms with Gasteiger partial charge in [-0.2, -0.15) is 0 Å². The van der Waals surface area contributed by atoms with Crippen LogP contribution in [0, 0.1) is 0 Å². The SMILES string of the molecule is CN(CC(=O)NN)C(CC(=O)NN)CN(CC(=O)NN)CC(=O)NN. The molecule has 0 fully saturated rings. The van der Waals surface area contributed by atoms with Gasteiger partial charge in [0.2, 0.25) is 23.6 Å². The Morgan fingerprint density at radius 1 is 0.760 bits per heavy atom. The molecule has 25 heavy (non-hydrogen) atoms. The van der Waals surface area contributed by atoms with Gasteiger partial charge >= 0.3 is 0 Å². The van der Waals surface area contributed by atoms with Crippen LogP contribution >= 0.6 is 0 Å². The smallest absolute Gasteiger partial charge is 0.248 e. The van der Waals surface area contributed by atoms with E-state index < -0.39 is 29.7 Å². The van der Waals surface area contributed by atoms with Crippen LogP contribution in [-0.2, 0) is 19.2 Å². The van der Waals surface area contributed by atoms with Crippen molar-refractivity contribution in [2.45, 2.75) is 12.5 Å². The highest BCUT2D eigenvalue weighted by molar-refractivity contribution is 5.80. The van der Waals surface area contributed by atoms with Crippen LogP contribution in [0.5, 0.6) is 0 Å². The molecule has 1 unspecified atom stereocenters. The molecule has 1 atom stereocenters. The Morgan fingerprint density at radius 2 is 1.16 bits per heavy atom.